The summed E-state index contributed by atoms with van der Waals surface area (Å²) in [4.78, 5) is 14.9. The van der Waals surface area contributed by atoms with Gasteiger partial charge in [-0.2, -0.15) is 0 Å². The number of nitrogens with one attached hydrogen (secondary N) is 1. The van der Waals surface area contributed by atoms with Gasteiger partial charge in [0.25, 0.3) is 0 Å². The smallest absolute Gasteiger partial charge is 0.317 e. The van der Waals surface area contributed by atoms with Gasteiger partial charge in [0.2, 0.25) is 0 Å². The number of halogens is 2. The normalized spacial score (nSPS) is 12.0. The van der Waals surface area contributed by atoms with Crippen molar-refractivity contribution in [3.05, 3.63) is 56.2 Å². The number of nitrogens with zero attached hydrogens (tertiary/aromatic N) is 1. The van der Waals surface area contributed by atoms with Crippen LogP contribution in [-0.2, 0) is 6.54 Å². The first-order valence-electron chi connectivity index (χ1n) is 6.47. The molecule has 2 amide bonds. The highest BCUT2D eigenvalue weighted by molar-refractivity contribution is 7.16. The van der Waals surface area contributed by atoms with E-state index in [4.69, 9.17) is 23.2 Å². The van der Waals surface area contributed by atoms with E-state index in [1.165, 1.54) is 11.3 Å². The summed E-state index contributed by atoms with van der Waals surface area (Å²) < 4.78 is 0.730. The minimum Gasteiger partial charge on any atom is -0.331 e. The van der Waals surface area contributed by atoms with Gasteiger partial charge >= 0.3 is 6.03 Å². The summed E-state index contributed by atoms with van der Waals surface area (Å²) >= 11 is 13.2. The summed E-state index contributed by atoms with van der Waals surface area (Å²) in [6, 6.07) is 11.0. The zero-order valence-electron chi connectivity index (χ0n) is 11.8. The summed E-state index contributed by atoms with van der Waals surface area (Å²) in [5.41, 5.74) is 1.01. The second-order valence-electron chi connectivity index (χ2n) is 4.78. The van der Waals surface area contributed by atoms with E-state index in [-0.39, 0.29) is 12.1 Å². The predicted octanol–water partition coefficient (Wildman–Crippen LogP) is 4.96. The van der Waals surface area contributed by atoms with Crippen LogP contribution in [0.4, 0.5) is 4.79 Å². The molecule has 1 atom stereocenters. The van der Waals surface area contributed by atoms with Gasteiger partial charge < -0.3 is 10.2 Å². The number of rotatable bonds is 4. The highest BCUT2D eigenvalue weighted by atomic mass is 35.5. The Hall–Kier alpha value is -1.23. The average Bonchev–Trinajstić information content (AvgIpc) is 2.84. The fourth-order valence-electron chi connectivity index (χ4n) is 1.87. The van der Waals surface area contributed by atoms with Crippen LogP contribution < -0.4 is 5.32 Å². The molecular weight excluding hydrogens is 327 g/mol. The molecule has 112 valence electrons. The van der Waals surface area contributed by atoms with Crippen LogP contribution in [0.3, 0.4) is 0 Å². The number of urea groups is 1. The van der Waals surface area contributed by atoms with Gasteiger partial charge in [0.15, 0.2) is 0 Å². The Morgan fingerprint density at radius 2 is 1.90 bits per heavy atom. The molecular formula is C15H16Cl2N2OS. The van der Waals surface area contributed by atoms with Crippen LogP contribution in [-0.4, -0.2) is 18.0 Å². The second kappa shape index (κ2) is 7.16. The van der Waals surface area contributed by atoms with Crippen LogP contribution in [0.25, 0.3) is 0 Å². The molecule has 0 spiro atoms. The lowest BCUT2D eigenvalue weighted by Gasteiger charge is -2.21. The second-order valence-corrected chi connectivity index (χ2v) is 7.02. The lowest BCUT2D eigenvalue weighted by Crippen LogP contribution is -2.38. The SMILES string of the molecule is CC(NC(=O)N(C)Cc1ccc(Cl)s1)c1ccc(Cl)cc1. The molecule has 3 nitrogen and oxygen atoms in total. The number of carbonyl (C=O) groups is 1. The summed E-state index contributed by atoms with van der Waals surface area (Å²) in [6.45, 7) is 2.48. The van der Waals surface area contributed by atoms with Gasteiger partial charge in [0, 0.05) is 16.9 Å². The Morgan fingerprint density at radius 3 is 2.48 bits per heavy atom. The molecule has 0 aliphatic carbocycles. The maximum Gasteiger partial charge on any atom is 0.317 e. The first kappa shape index (κ1) is 16.1. The fraction of sp³-hybridized carbons (Fsp3) is 0.267. The van der Waals surface area contributed by atoms with E-state index in [0.29, 0.717) is 11.6 Å². The Balaban J connectivity index is 1.92. The van der Waals surface area contributed by atoms with Crippen LogP contribution >= 0.6 is 34.5 Å². The van der Waals surface area contributed by atoms with Crippen molar-refractivity contribution in [3.8, 4) is 0 Å². The summed E-state index contributed by atoms with van der Waals surface area (Å²) in [6.07, 6.45) is 0. The molecule has 0 saturated heterocycles. The number of amides is 2. The summed E-state index contributed by atoms with van der Waals surface area (Å²) in [5.74, 6) is 0. The van der Waals surface area contributed by atoms with Crippen molar-refractivity contribution in [1.82, 2.24) is 10.2 Å². The number of hydrogen-bond acceptors (Lipinski definition) is 2. The molecule has 0 aliphatic heterocycles. The Kier molecular flexibility index (Phi) is 5.51. The van der Waals surface area contributed by atoms with E-state index < -0.39 is 0 Å². The van der Waals surface area contributed by atoms with Crippen LogP contribution in [0.5, 0.6) is 0 Å². The van der Waals surface area contributed by atoms with Gasteiger partial charge in [-0.25, -0.2) is 4.79 Å². The first-order chi connectivity index (χ1) is 9.95. The lowest BCUT2D eigenvalue weighted by atomic mass is 10.1. The van der Waals surface area contributed by atoms with Gasteiger partial charge in [-0.3, -0.25) is 0 Å². The minimum atomic E-state index is -0.123. The van der Waals surface area contributed by atoms with Crippen molar-refractivity contribution in [3.63, 3.8) is 0 Å². The monoisotopic (exact) mass is 342 g/mol. The van der Waals surface area contributed by atoms with Crippen molar-refractivity contribution < 1.29 is 4.79 Å². The van der Waals surface area contributed by atoms with E-state index in [9.17, 15) is 4.79 Å². The number of hydrogen-bond donors (Lipinski definition) is 1. The summed E-state index contributed by atoms with van der Waals surface area (Å²) in [5, 5.41) is 3.64. The quantitative estimate of drug-likeness (QED) is 0.836. The number of thiophene rings is 1. The standard InChI is InChI=1S/C15H16Cl2N2OS/c1-10(11-3-5-12(16)6-4-11)18-15(20)19(2)9-13-7-8-14(17)21-13/h3-8,10H,9H2,1-2H3,(H,18,20). The van der Waals surface area contributed by atoms with E-state index in [0.717, 1.165) is 14.8 Å². The number of carbonyl (C=O) groups excluding carboxylic acids is 1. The zero-order valence-corrected chi connectivity index (χ0v) is 14.1. The third-order valence-electron chi connectivity index (χ3n) is 3.08. The molecule has 0 radical (unpaired) electrons. The Bertz CT molecular complexity index is 612. The fourth-order valence-corrected chi connectivity index (χ4v) is 3.14. The van der Waals surface area contributed by atoms with Crippen molar-refractivity contribution in [2.75, 3.05) is 7.05 Å². The topological polar surface area (TPSA) is 32.3 Å². The molecule has 0 saturated carbocycles. The molecule has 0 fully saturated rings. The highest BCUT2D eigenvalue weighted by Gasteiger charge is 2.14. The highest BCUT2D eigenvalue weighted by Crippen LogP contribution is 2.22. The molecule has 0 bridgehead atoms. The third kappa shape index (κ3) is 4.63. The Morgan fingerprint density at radius 1 is 1.24 bits per heavy atom. The van der Waals surface area contributed by atoms with E-state index in [2.05, 4.69) is 5.32 Å². The van der Waals surface area contributed by atoms with Crippen LogP contribution in [0.1, 0.15) is 23.4 Å². The minimum absolute atomic E-state index is 0.0795. The van der Waals surface area contributed by atoms with Gasteiger partial charge in [-0.15, -0.1) is 11.3 Å². The third-order valence-corrected chi connectivity index (χ3v) is 4.55. The van der Waals surface area contributed by atoms with Gasteiger partial charge in [0.05, 0.1) is 16.9 Å². The molecule has 1 aromatic carbocycles. The molecule has 1 N–H and O–H groups in total. The molecule has 1 unspecified atom stereocenters. The van der Waals surface area contributed by atoms with Crippen molar-refractivity contribution in [1.29, 1.82) is 0 Å². The Labute approximate surface area is 138 Å². The largest absolute Gasteiger partial charge is 0.331 e. The average molecular weight is 343 g/mol. The molecule has 21 heavy (non-hydrogen) atoms. The van der Waals surface area contributed by atoms with Crippen molar-refractivity contribution >= 4 is 40.6 Å². The van der Waals surface area contributed by atoms with Crippen molar-refractivity contribution in [2.45, 2.75) is 19.5 Å². The molecule has 2 aromatic rings. The van der Waals surface area contributed by atoms with Crippen LogP contribution in [0.2, 0.25) is 9.36 Å². The first-order valence-corrected chi connectivity index (χ1v) is 8.04. The van der Waals surface area contributed by atoms with Crippen molar-refractivity contribution in [2.24, 2.45) is 0 Å². The zero-order chi connectivity index (χ0) is 15.4. The van der Waals surface area contributed by atoms with E-state index >= 15 is 0 Å². The molecule has 1 aromatic heterocycles. The maximum absolute atomic E-state index is 12.2. The van der Waals surface area contributed by atoms with Gasteiger partial charge in [0.1, 0.15) is 0 Å². The molecule has 1 heterocycles. The summed E-state index contributed by atoms with van der Waals surface area (Å²) in [7, 11) is 1.76. The van der Waals surface area contributed by atoms with Gasteiger partial charge in [-0.1, -0.05) is 35.3 Å². The van der Waals surface area contributed by atoms with E-state index in [1.54, 1.807) is 11.9 Å². The molecule has 0 aliphatic rings. The number of benzene rings is 1. The predicted molar refractivity (Wildman–Crippen MR) is 89.2 cm³/mol. The lowest BCUT2D eigenvalue weighted by molar-refractivity contribution is 0.204. The molecule has 2 rings (SSSR count). The van der Waals surface area contributed by atoms with Crippen LogP contribution in [0.15, 0.2) is 36.4 Å². The van der Waals surface area contributed by atoms with E-state index in [1.807, 2.05) is 43.3 Å². The van der Waals surface area contributed by atoms with Crippen LogP contribution in [0, 0.1) is 0 Å². The molecule has 6 heteroatoms. The maximum atomic E-state index is 12.2. The van der Waals surface area contributed by atoms with Gasteiger partial charge in [-0.05, 0) is 36.8 Å².